The number of imidazole rings is 1. The van der Waals surface area contributed by atoms with Gasteiger partial charge >= 0.3 is 5.97 Å². The maximum atomic E-state index is 11.0. The van der Waals surface area contributed by atoms with Crippen molar-refractivity contribution >= 4 is 5.97 Å². The first-order chi connectivity index (χ1) is 5.83. The summed E-state index contributed by atoms with van der Waals surface area (Å²) in [7, 11) is 1.42. The van der Waals surface area contributed by atoms with E-state index in [2.05, 4.69) is 14.7 Å². The third kappa shape index (κ3) is 1.09. The zero-order chi connectivity index (χ0) is 8.55. The molecule has 0 aromatic carbocycles. The number of aromatic nitrogens is 2. The van der Waals surface area contributed by atoms with Gasteiger partial charge in [-0.15, -0.1) is 0 Å². The van der Waals surface area contributed by atoms with Crippen molar-refractivity contribution in [2.75, 3.05) is 7.11 Å². The second-order valence-electron chi connectivity index (χ2n) is 2.98. The van der Waals surface area contributed by atoms with Gasteiger partial charge in [0.05, 0.1) is 19.4 Å². The number of rotatable bonds is 2. The van der Waals surface area contributed by atoms with Gasteiger partial charge in [-0.2, -0.15) is 0 Å². The van der Waals surface area contributed by atoms with Gasteiger partial charge in [0.15, 0.2) is 0 Å². The molecule has 1 saturated carbocycles. The molecule has 0 radical (unpaired) electrons. The second kappa shape index (κ2) is 2.62. The Morgan fingerprint density at radius 3 is 3.25 bits per heavy atom. The molecular weight excluding hydrogens is 156 g/mol. The van der Waals surface area contributed by atoms with Crippen LogP contribution in [-0.2, 0) is 9.53 Å². The van der Waals surface area contributed by atoms with Crippen molar-refractivity contribution in [2.45, 2.75) is 12.3 Å². The Balaban J connectivity index is 2.01. The summed E-state index contributed by atoms with van der Waals surface area (Å²) in [5, 5.41) is 0. The minimum absolute atomic E-state index is 0.0513. The summed E-state index contributed by atoms with van der Waals surface area (Å²) in [4.78, 5) is 17.9. The van der Waals surface area contributed by atoms with Crippen LogP contribution in [-0.4, -0.2) is 23.0 Å². The quantitative estimate of drug-likeness (QED) is 0.657. The van der Waals surface area contributed by atoms with Crippen molar-refractivity contribution in [1.29, 1.82) is 0 Å². The lowest BCUT2D eigenvalue weighted by Crippen LogP contribution is -2.03. The molecular formula is C8H10N2O2. The highest BCUT2D eigenvalue weighted by Crippen LogP contribution is 2.46. The molecule has 1 aromatic heterocycles. The van der Waals surface area contributed by atoms with E-state index in [-0.39, 0.29) is 11.9 Å². The predicted molar refractivity (Wildman–Crippen MR) is 41.5 cm³/mol. The third-order valence-corrected chi connectivity index (χ3v) is 2.21. The van der Waals surface area contributed by atoms with E-state index in [1.807, 2.05) is 0 Å². The van der Waals surface area contributed by atoms with Crippen molar-refractivity contribution in [3.8, 4) is 0 Å². The zero-order valence-corrected chi connectivity index (χ0v) is 6.78. The monoisotopic (exact) mass is 166 g/mol. The largest absolute Gasteiger partial charge is 0.469 e. The number of carbonyl (C=O) groups excluding carboxylic acids is 1. The number of hydrogen-bond donors (Lipinski definition) is 1. The van der Waals surface area contributed by atoms with Gasteiger partial charge < -0.3 is 9.72 Å². The van der Waals surface area contributed by atoms with Crippen LogP contribution >= 0.6 is 0 Å². The van der Waals surface area contributed by atoms with Crippen LogP contribution in [0.25, 0.3) is 0 Å². The SMILES string of the molecule is COC(=O)[C@H]1C[C@H]1c1cnc[nH]1. The minimum Gasteiger partial charge on any atom is -0.469 e. The second-order valence-corrected chi connectivity index (χ2v) is 2.98. The molecule has 0 aliphatic heterocycles. The van der Waals surface area contributed by atoms with Crippen LogP contribution in [0.2, 0.25) is 0 Å². The van der Waals surface area contributed by atoms with Crippen molar-refractivity contribution in [3.05, 3.63) is 18.2 Å². The fourth-order valence-corrected chi connectivity index (χ4v) is 1.42. The molecule has 1 aliphatic carbocycles. The van der Waals surface area contributed by atoms with E-state index < -0.39 is 0 Å². The predicted octanol–water partition coefficient (Wildman–Crippen LogP) is 0.686. The Hall–Kier alpha value is -1.32. The van der Waals surface area contributed by atoms with E-state index in [4.69, 9.17) is 0 Å². The lowest BCUT2D eigenvalue weighted by molar-refractivity contribution is -0.142. The lowest BCUT2D eigenvalue weighted by atomic mass is 10.2. The van der Waals surface area contributed by atoms with Crippen LogP contribution in [0.3, 0.4) is 0 Å². The Morgan fingerprint density at radius 2 is 2.67 bits per heavy atom. The number of carbonyl (C=O) groups is 1. The van der Waals surface area contributed by atoms with Crippen LogP contribution in [0.4, 0.5) is 0 Å². The fraction of sp³-hybridized carbons (Fsp3) is 0.500. The number of esters is 1. The molecule has 4 nitrogen and oxygen atoms in total. The van der Waals surface area contributed by atoms with E-state index >= 15 is 0 Å². The first kappa shape index (κ1) is 7.34. The zero-order valence-electron chi connectivity index (χ0n) is 6.78. The van der Waals surface area contributed by atoms with Gasteiger partial charge in [0, 0.05) is 17.8 Å². The molecule has 1 aromatic rings. The number of ether oxygens (including phenoxy) is 1. The Kier molecular flexibility index (Phi) is 1.60. The first-order valence-electron chi connectivity index (χ1n) is 3.89. The normalized spacial score (nSPS) is 26.8. The van der Waals surface area contributed by atoms with Gasteiger partial charge in [-0.25, -0.2) is 4.98 Å². The van der Waals surface area contributed by atoms with E-state index in [1.165, 1.54) is 7.11 Å². The van der Waals surface area contributed by atoms with Gasteiger partial charge in [-0.05, 0) is 6.42 Å². The maximum Gasteiger partial charge on any atom is 0.309 e. The van der Waals surface area contributed by atoms with Crippen LogP contribution in [0.1, 0.15) is 18.0 Å². The molecule has 0 spiro atoms. The van der Waals surface area contributed by atoms with Crippen LogP contribution in [0.15, 0.2) is 12.5 Å². The van der Waals surface area contributed by atoms with Gasteiger partial charge in [0.2, 0.25) is 0 Å². The summed E-state index contributed by atoms with van der Waals surface area (Å²) >= 11 is 0. The van der Waals surface area contributed by atoms with Gasteiger partial charge in [-0.3, -0.25) is 4.79 Å². The van der Waals surface area contributed by atoms with Gasteiger partial charge in [0.1, 0.15) is 0 Å². The molecule has 64 valence electrons. The molecule has 0 amide bonds. The summed E-state index contributed by atoms with van der Waals surface area (Å²) in [6, 6.07) is 0. The van der Waals surface area contributed by atoms with E-state index in [1.54, 1.807) is 12.5 Å². The molecule has 1 N–H and O–H groups in total. The molecule has 12 heavy (non-hydrogen) atoms. The van der Waals surface area contributed by atoms with Crippen molar-refractivity contribution < 1.29 is 9.53 Å². The minimum atomic E-state index is -0.116. The molecule has 0 unspecified atom stereocenters. The van der Waals surface area contributed by atoms with Crippen molar-refractivity contribution in [2.24, 2.45) is 5.92 Å². The maximum absolute atomic E-state index is 11.0. The number of methoxy groups -OCH3 is 1. The Labute approximate surface area is 70.0 Å². The van der Waals surface area contributed by atoms with Crippen molar-refractivity contribution in [3.63, 3.8) is 0 Å². The highest BCUT2D eigenvalue weighted by Gasteiger charge is 2.45. The molecule has 4 heteroatoms. The molecule has 1 heterocycles. The van der Waals surface area contributed by atoms with Gasteiger partial charge in [0.25, 0.3) is 0 Å². The smallest absolute Gasteiger partial charge is 0.309 e. The molecule has 0 saturated heterocycles. The fourth-order valence-electron chi connectivity index (χ4n) is 1.42. The summed E-state index contributed by atoms with van der Waals surface area (Å²) in [5.41, 5.74) is 1.03. The molecule has 2 atom stereocenters. The first-order valence-corrected chi connectivity index (χ1v) is 3.89. The summed E-state index contributed by atoms with van der Waals surface area (Å²) in [6.45, 7) is 0. The number of nitrogens with one attached hydrogen (secondary N) is 1. The number of aromatic amines is 1. The Bertz CT molecular complexity index is 281. The molecule has 1 aliphatic rings. The standard InChI is InChI=1S/C8H10N2O2/c1-12-8(11)6-2-5(6)7-3-9-4-10-7/h3-6H,2H2,1H3,(H,9,10)/t5-,6+/m1/s1. The molecule has 0 bridgehead atoms. The van der Waals surface area contributed by atoms with E-state index in [0.29, 0.717) is 5.92 Å². The topological polar surface area (TPSA) is 55.0 Å². The van der Waals surface area contributed by atoms with Crippen LogP contribution in [0.5, 0.6) is 0 Å². The molecule has 2 rings (SSSR count). The van der Waals surface area contributed by atoms with E-state index in [0.717, 1.165) is 12.1 Å². The van der Waals surface area contributed by atoms with Crippen molar-refractivity contribution in [1.82, 2.24) is 9.97 Å². The molecule has 1 fully saturated rings. The van der Waals surface area contributed by atoms with E-state index in [9.17, 15) is 4.79 Å². The van der Waals surface area contributed by atoms with Gasteiger partial charge in [-0.1, -0.05) is 0 Å². The highest BCUT2D eigenvalue weighted by molar-refractivity contribution is 5.76. The third-order valence-electron chi connectivity index (χ3n) is 2.21. The average molecular weight is 166 g/mol. The summed E-state index contributed by atoms with van der Waals surface area (Å²) < 4.78 is 4.63. The van der Waals surface area contributed by atoms with Crippen LogP contribution < -0.4 is 0 Å². The lowest BCUT2D eigenvalue weighted by Gasteiger charge is -1.94. The average Bonchev–Trinajstić information content (AvgIpc) is 2.71. The Morgan fingerprint density at radius 1 is 1.83 bits per heavy atom. The number of H-pyrrole nitrogens is 1. The van der Waals surface area contributed by atoms with Crippen LogP contribution in [0, 0.1) is 5.92 Å². The summed E-state index contributed by atoms with van der Waals surface area (Å²) in [5.74, 6) is 0.241. The number of hydrogen-bond acceptors (Lipinski definition) is 3. The summed E-state index contributed by atoms with van der Waals surface area (Å²) in [6.07, 6.45) is 4.27. The number of nitrogens with zero attached hydrogens (tertiary/aromatic N) is 1. The highest BCUT2D eigenvalue weighted by atomic mass is 16.5.